The standard InChI is InChI=1S/C10H18O3/c1-5-7-6(2)8-9(11-7)13-10(3,4)12-8/h6-9H,5H2,1-4H3/t6-,7+,8?,9+/m1/s1. The second-order valence-electron chi connectivity index (χ2n) is 4.41. The summed E-state index contributed by atoms with van der Waals surface area (Å²) in [6.45, 7) is 8.17. The molecule has 0 aliphatic carbocycles. The van der Waals surface area contributed by atoms with Crippen LogP contribution in [0, 0.1) is 5.92 Å². The van der Waals surface area contributed by atoms with Crippen molar-refractivity contribution in [2.45, 2.75) is 58.4 Å². The van der Waals surface area contributed by atoms with Crippen LogP contribution in [0.25, 0.3) is 0 Å². The molecule has 2 saturated heterocycles. The van der Waals surface area contributed by atoms with E-state index >= 15 is 0 Å². The molecule has 0 radical (unpaired) electrons. The third-order valence-corrected chi connectivity index (χ3v) is 2.90. The molecular formula is C10H18O3. The van der Waals surface area contributed by atoms with Crippen molar-refractivity contribution in [1.29, 1.82) is 0 Å². The summed E-state index contributed by atoms with van der Waals surface area (Å²) < 4.78 is 17.1. The van der Waals surface area contributed by atoms with Crippen molar-refractivity contribution in [2.24, 2.45) is 5.92 Å². The summed E-state index contributed by atoms with van der Waals surface area (Å²) in [7, 11) is 0. The lowest BCUT2D eigenvalue weighted by atomic mass is 9.99. The minimum Gasteiger partial charge on any atom is -0.346 e. The highest BCUT2D eigenvalue weighted by atomic mass is 16.8. The molecule has 1 unspecified atom stereocenters. The maximum atomic E-state index is 5.77. The average Bonchev–Trinajstić information content (AvgIpc) is 2.47. The first-order valence-electron chi connectivity index (χ1n) is 5.04. The van der Waals surface area contributed by atoms with Crippen LogP contribution in [0.15, 0.2) is 0 Å². The Morgan fingerprint density at radius 1 is 1.23 bits per heavy atom. The third kappa shape index (κ3) is 1.49. The molecule has 2 fully saturated rings. The number of hydrogen-bond donors (Lipinski definition) is 0. The molecule has 2 aliphatic heterocycles. The smallest absolute Gasteiger partial charge is 0.187 e. The number of ether oxygens (including phenoxy) is 3. The van der Waals surface area contributed by atoms with Crippen LogP contribution in [0.4, 0.5) is 0 Å². The Labute approximate surface area is 79.4 Å². The van der Waals surface area contributed by atoms with E-state index in [4.69, 9.17) is 14.2 Å². The molecule has 0 saturated carbocycles. The van der Waals surface area contributed by atoms with Gasteiger partial charge in [0.2, 0.25) is 0 Å². The van der Waals surface area contributed by atoms with Gasteiger partial charge in [0.05, 0.1) is 6.10 Å². The summed E-state index contributed by atoms with van der Waals surface area (Å²) in [5, 5.41) is 0. The molecular weight excluding hydrogens is 168 g/mol. The highest BCUT2D eigenvalue weighted by molar-refractivity contribution is 4.89. The van der Waals surface area contributed by atoms with Crippen LogP contribution in [0.2, 0.25) is 0 Å². The van der Waals surface area contributed by atoms with Gasteiger partial charge in [0.15, 0.2) is 12.1 Å². The molecule has 0 aromatic heterocycles. The van der Waals surface area contributed by atoms with Crippen molar-refractivity contribution < 1.29 is 14.2 Å². The van der Waals surface area contributed by atoms with Gasteiger partial charge in [0, 0.05) is 5.92 Å². The van der Waals surface area contributed by atoms with E-state index in [0.29, 0.717) is 12.0 Å². The molecule has 4 atom stereocenters. The number of hydrogen-bond acceptors (Lipinski definition) is 3. The lowest BCUT2D eigenvalue weighted by Gasteiger charge is -2.22. The van der Waals surface area contributed by atoms with E-state index in [1.807, 2.05) is 13.8 Å². The van der Waals surface area contributed by atoms with Gasteiger partial charge in [-0.05, 0) is 20.3 Å². The van der Waals surface area contributed by atoms with Crippen LogP contribution < -0.4 is 0 Å². The summed E-state index contributed by atoms with van der Waals surface area (Å²) in [5.74, 6) is -0.0285. The van der Waals surface area contributed by atoms with E-state index < -0.39 is 5.79 Å². The Bertz CT molecular complexity index is 202. The van der Waals surface area contributed by atoms with Gasteiger partial charge in [-0.3, -0.25) is 0 Å². The monoisotopic (exact) mass is 186 g/mol. The van der Waals surface area contributed by atoms with E-state index in [2.05, 4.69) is 13.8 Å². The van der Waals surface area contributed by atoms with Gasteiger partial charge in [0.1, 0.15) is 6.10 Å². The fourth-order valence-electron chi connectivity index (χ4n) is 2.19. The summed E-state index contributed by atoms with van der Waals surface area (Å²) in [6, 6.07) is 0. The lowest BCUT2D eigenvalue weighted by Crippen LogP contribution is -2.28. The topological polar surface area (TPSA) is 27.7 Å². The Kier molecular flexibility index (Phi) is 2.13. The number of fused-ring (bicyclic) bond motifs is 1. The molecule has 0 amide bonds. The Morgan fingerprint density at radius 2 is 1.92 bits per heavy atom. The maximum absolute atomic E-state index is 5.77. The van der Waals surface area contributed by atoms with Crippen molar-refractivity contribution in [3.05, 3.63) is 0 Å². The fraction of sp³-hybridized carbons (Fsp3) is 1.00. The SMILES string of the molecule is CC[C@@H]1O[C@H]2OC(C)(C)OC2[C@@H]1C. The molecule has 3 nitrogen and oxygen atoms in total. The minimum absolute atomic E-state index is 0.125. The fourth-order valence-corrected chi connectivity index (χ4v) is 2.19. The normalized spacial score (nSPS) is 48.0. The van der Waals surface area contributed by atoms with Gasteiger partial charge in [-0.25, -0.2) is 0 Å². The molecule has 13 heavy (non-hydrogen) atoms. The Morgan fingerprint density at radius 3 is 2.46 bits per heavy atom. The van der Waals surface area contributed by atoms with E-state index in [1.165, 1.54) is 0 Å². The maximum Gasteiger partial charge on any atom is 0.187 e. The highest BCUT2D eigenvalue weighted by Crippen LogP contribution is 2.41. The van der Waals surface area contributed by atoms with Crippen molar-refractivity contribution in [3.8, 4) is 0 Å². The first kappa shape index (κ1) is 9.44. The lowest BCUT2D eigenvalue weighted by molar-refractivity contribution is -0.209. The average molecular weight is 186 g/mol. The zero-order chi connectivity index (χ0) is 9.64. The summed E-state index contributed by atoms with van der Waals surface area (Å²) in [6.07, 6.45) is 1.31. The summed E-state index contributed by atoms with van der Waals surface area (Å²) >= 11 is 0. The second kappa shape index (κ2) is 2.94. The molecule has 0 aromatic rings. The molecule has 3 heteroatoms. The Hall–Kier alpha value is -0.120. The van der Waals surface area contributed by atoms with Crippen LogP contribution >= 0.6 is 0 Å². The van der Waals surface area contributed by atoms with E-state index in [9.17, 15) is 0 Å². The summed E-state index contributed by atoms with van der Waals surface area (Å²) in [4.78, 5) is 0. The van der Waals surface area contributed by atoms with Crippen molar-refractivity contribution in [1.82, 2.24) is 0 Å². The second-order valence-corrected chi connectivity index (χ2v) is 4.41. The minimum atomic E-state index is -0.470. The van der Waals surface area contributed by atoms with E-state index in [0.717, 1.165) is 6.42 Å². The van der Waals surface area contributed by atoms with E-state index in [-0.39, 0.29) is 12.4 Å². The predicted molar refractivity (Wildman–Crippen MR) is 48.2 cm³/mol. The molecule has 2 rings (SSSR count). The quantitative estimate of drug-likeness (QED) is 0.626. The van der Waals surface area contributed by atoms with Crippen LogP contribution in [0.5, 0.6) is 0 Å². The Balaban J connectivity index is 2.07. The van der Waals surface area contributed by atoms with Gasteiger partial charge >= 0.3 is 0 Å². The zero-order valence-corrected chi connectivity index (χ0v) is 8.74. The summed E-state index contributed by atoms with van der Waals surface area (Å²) in [5.41, 5.74) is 0. The first-order valence-corrected chi connectivity index (χ1v) is 5.04. The van der Waals surface area contributed by atoms with Crippen molar-refractivity contribution in [2.75, 3.05) is 0 Å². The molecule has 0 bridgehead atoms. The van der Waals surface area contributed by atoms with Gasteiger partial charge in [-0.1, -0.05) is 13.8 Å². The highest BCUT2D eigenvalue weighted by Gasteiger charge is 2.52. The molecule has 2 aliphatic rings. The van der Waals surface area contributed by atoms with Gasteiger partial charge in [0.25, 0.3) is 0 Å². The predicted octanol–water partition coefficient (Wildman–Crippen LogP) is 1.91. The van der Waals surface area contributed by atoms with Crippen LogP contribution in [0.3, 0.4) is 0 Å². The van der Waals surface area contributed by atoms with Crippen molar-refractivity contribution in [3.63, 3.8) is 0 Å². The first-order chi connectivity index (χ1) is 6.03. The van der Waals surface area contributed by atoms with E-state index in [1.54, 1.807) is 0 Å². The molecule has 2 heterocycles. The van der Waals surface area contributed by atoms with Gasteiger partial charge < -0.3 is 14.2 Å². The molecule has 0 aromatic carbocycles. The molecule has 76 valence electrons. The van der Waals surface area contributed by atoms with Crippen LogP contribution in [-0.4, -0.2) is 24.3 Å². The molecule has 0 spiro atoms. The van der Waals surface area contributed by atoms with Crippen LogP contribution in [0.1, 0.15) is 34.1 Å². The third-order valence-electron chi connectivity index (χ3n) is 2.90. The van der Waals surface area contributed by atoms with Gasteiger partial charge in [-0.15, -0.1) is 0 Å². The van der Waals surface area contributed by atoms with Gasteiger partial charge in [-0.2, -0.15) is 0 Å². The number of rotatable bonds is 1. The zero-order valence-electron chi connectivity index (χ0n) is 8.74. The largest absolute Gasteiger partial charge is 0.346 e. The molecule has 0 N–H and O–H groups in total. The van der Waals surface area contributed by atoms with Crippen molar-refractivity contribution >= 4 is 0 Å². The van der Waals surface area contributed by atoms with Crippen LogP contribution in [-0.2, 0) is 14.2 Å².